The number of hydrogen-bond acceptors (Lipinski definition) is 7. The van der Waals surface area contributed by atoms with Crippen molar-refractivity contribution >= 4 is 22.4 Å². The van der Waals surface area contributed by atoms with Crippen molar-refractivity contribution in [1.29, 1.82) is 0 Å². The molecule has 3 saturated heterocycles. The molecule has 8 rings (SSSR count). The van der Waals surface area contributed by atoms with Gasteiger partial charge in [-0.2, -0.15) is 10.2 Å². The molecule has 1 N–H and O–H groups in total. The monoisotopic (exact) mass is 454 g/mol. The first-order valence-corrected chi connectivity index (χ1v) is 11.8. The van der Waals surface area contributed by atoms with Crippen LogP contribution in [0.5, 0.6) is 5.88 Å². The summed E-state index contributed by atoms with van der Waals surface area (Å²) < 4.78 is 7.26. The minimum absolute atomic E-state index is 0.562. The predicted molar refractivity (Wildman–Crippen MR) is 129 cm³/mol. The third-order valence-electron chi connectivity index (χ3n) is 7.40. The van der Waals surface area contributed by atoms with Gasteiger partial charge in [-0.05, 0) is 30.5 Å². The van der Waals surface area contributed by atoms with Crippen LogP contribution in [0.15, 0.2) is 48.9 Å². The molecule has 2 bridgehead atoms. The Kier molecular flexibility index (Phi) is 4.45. The molecule has 3 fully saturated rings. The van der Waals surface area contributed by atoms with Crippen LogP contribution in [0.25, 0.3) is 16.6 Å². The van der Waals surface area contributed by atoms with Gasteiger partial charge in [-0.25, -0.2) is 9.97 Å². The fourth-order valence-corrected chi connectivity index (χ4v) is 5.67. The summed E-state index contributed by atoms with van der Waals surface area (Å²) in [6.07, 6.45) is 10.3. The number of aromatic amines is 1. The quantitative estimate of drug-likeness (QED) is 0.496. The Morgan fingerprint density at radius 3 is 2.74 bits per heavy atom. The summed E-state index contributed by atoms with van der Waals surface area (Å²) in [6, 6.07) is 9.54. The Morgan fingerprint density at radius 2 is 1.97 bits per heavy atom. The van der Waals surface area contributed by atoms with Crippen LogP contribution >= 0.6 is 0 Å². The molecule has 2 unspecified atom stereocenters. The van der Waals surface area contributed by atoms with Crippen molar-refractivity contribution in [2.75, 3.05) is 25.1 Å². The van der Waals surface area contributed by atoms with Crippen LogP contribution in [0, 0.1) is 0 Å². The summed E-state index contributed by atoms with van der Waals surface area (Å²) in [7, 11) is 1.65. The lowest BCUT2D eigenvalue weighted by Gasteiger charge is -2.56. The molecule has 172 valence electrons. The number of rotatable bonds is 5. The van der Waals surface area contributed by atoms with Gasteiger partial charge in [0.05, 0.1) is 24.4 Å². The molecule has 8 heterocycles. The second kappa shape index (κ2) is 7.66. The maximum absolute atomic E-state index is 5.18. The van der Waals surface area contributed by atoms with Crippen molar-refractivity contribution < 1.29 is 4.74 Å². The first kappa shape index (κ1) is 19.7. The van der Waals surface area contributed by atoms with Crippen molar-refractivity contribution in [3.8, 4) is 5.88 Å². The van der Waals surface area contributed by atoms with Gasteiger partial charge < -0.3 is 9.64 Å². The van der Waals surface area contributed by atoms with Crippen LogP contribution in [0.1, 0.15) is 29.7 Å². The topological polar surface area (TPSA) is 88.0 Å². The van der Waals surface area contributed by atoms with Crippen molar-refractivity contribution in [1.82, 2.24) is 34.8 Å². The average molecular weight is 455 g/mol. The third-order valence-corrected chi connectivity index (χ3v) is 7.40. The van der Waals surface area contributed by atoms with Crippen molar-refractivity contribution in [3.05, 3.63) is 65.8 Å². The van der Waals surface area contributed by atoms with Gasteiger partial charge in [0.25, 0.3) is 0 Å². The molecule has 0 radical (unpaired) electrons. The van der Waals surface area contributed by atoms with Crippen LogP contribution < -0.4 is 9.64 Å². The number of nitrogens with one attached hydrogen (secondary N) is 1. The number of nitrogens with zero attached hydrogens (tertiary/aromatic N) is 7. The van der Waals surface area contributed by atoms with Crippen LogP contribution in [-0.2, 0) is 13.1 Å². The lowest BCUT2D eigenvalue weighted by molar-refractivity contribution is -0.00877. The molecule has 9 heteroatoms. The van der Waals surface area contributed by atoms with Crippen LogP contribution in [0.2, 0.25) is 0 Å². The summed E-state index contributed by atoms with van der Waals surface area (Å²) in [5.41, 5.74) is 5.53. The smallest absolute Gasteiger partial charge is 0.212 e. The van der Waals surface area contributed by atoms with Crippen molar-refractivity contribution in [2.24, 2.45) is 0 Å². The maximum Gasteiger partial charge on any atom is 0.212 e. The predicted octanol–water partition coefficient (Wildman–Crippen LogP) is 2.86. The molecule has 0 spiro atoms. The molecule has 4 aromatic heterocycles. The van der Waals surface area contributed by atoms with E-state index in [-0.39, 0.29) is 0 Å². The number of allylic oxidation sites excluding steroid dienone is 1. The van der Waals surface area contributed by atoms with E-state index < -0.39 is 0 Å². The van der Waals surface area contributed by atoms with Gasteiger partial charge in [-0.1, -0.05) is 12.1 Å². The van der Waals surface area contributed by atoms with E-state index >= 15 is 0 Å². The molecule has 4 aromatic rings. The summed E-state index contributed by atoms with van der Waals surface area (Å²) in [4.78, 5) is 14.3. The number of hydrogen-bond donors (Lipinski definition) is 1. The molecule has 2 atom stereocenters. The Morgan fingerprint density at radius 1 is 1.06 bits per heavy atom. The Hall–Kier alpha value is -3.72. The Labute approximate surface area is 197 Å². The largest absolute Gasteiger partial charge is 0.481 e. The molecule has 9 nitrogen and oxygen atoms in total. The Balaban J connectivity index is 1.06. The van der Waals surface area contributed by atoms with E-state index in [4.69, 9.17) is 9.72 Å². The van der Waals surface area contributed by atoms with Gasteiger partial charge in [0.15, 0.2) is 5.65 Å². The van der Waals surface area contributed by atoms with E-state index in [1.165, 1.54) is 17.6 Å². The van der Waals surface area contributed by atoms with Gasteiger partial charge in [-0.15, -0.1) is 0 Å². The standard InChI is InChI=1S/C25H26N8O/c1-34-23-7-4-16(10-27-23)13-32-18-9-19(32)15-31(14-18)22-6-5-17(11-26-22)20-3-2-8-33-24(20)21-12-28-29-25(21)30-33/h3-7,10-12,18-19H,2,8-9,13-15H2,1H3,(H,29,30). The second-order valence-corrected chi connectivity index (χ2v) is 9.35. The fraction of sp³-hybridized carbons (Fsp3) is 0.360. The molecule has 4 aliphatic heterocycles. The van der Waals surface area contributed by atoms with Crippen LogP contribution in [0.3, 0.4) is 0 Å². The minimum atomic E-state index is 0.562. The number of H-pyrrole nitrogens is 1. The zero-order valence-electron chi connectivity index (χ0n) is 19.1. The van der Waals surface area contributed by atoms with E-state index in [0.717, 1.165) is 60.7 Å². The van der Waals surface area contributed by atoms with E-state index in [2.05, 4.69) is 59.0 Å². The van der Waals surface area contributed by atoms with Crippen molar-refractivity contribution in [3.63, 3.8) is 0 Å². The maximum atomic E-state index is 5.18. The minimum Gasteiger partial charge on any atom is -0.481 e. The number of piperazine rings is 1. The number of aromatic nitrogens is 6. The van der Waals surface area contributed by atoms with Crippen LogP contribution in [-0.4, -0.2) is 67.1 Å². The van der Waals surface area contributed by atoms with E-state index in [1.807, 2.05) is 24.7 Å². The number of methoxy groups -OCH3 is 1. The average Bonchev–Trinajstić information content (AvgIpc) is 3.49. The van der Waals surface area contributed by atoms with Crippen molar-refractivity contribution in [2.45, 2.75) is 38.0 Å². The van der Waals surface area contributed by atoms with Gasteiger partial charge in [0, 0.05) is 67.9 Å². The van der Waals surface area contributed by atoms with E-state index in [1.54, 1.807) is 7.11 Å². The highest BCUT2D eigenvalue weighted by molar-refractivity contribution is 5.93. The summed E-state index contributed by atoms with van der Waals surface area (Å²) in [5.74, 6) is 1.72. The zero-order valence-corrected chi connectivity index (χ0v) is 19.1. The number of aryl methyl sites for hydroxylation is 1. The number of anilines is 1. The molecule has 34 heavy (non-hydrogen) atoms. The Bertz CT molecular complexity index is 1360. The van der Waals surface area contributed by atoms with E-state index in [9.17, 15) is 0 Å². The van der Waals surface area contributed by atoms with Crippen LogP contribution in [0.4, 0.5) is 5.82 Å². The SMILES string of the molecule is COc1ccc(CN2C3CC2CN(c2ccc(C4=CCCn5nc6[nH]ncc6c54)cn2)C3)cn1. The van der Waals surface area contributed by atoms with Gasteiger partial charge >= 0.3 is 0 Å². The normalized spacial score (nSPS) is 21.8. The van der Waals surface area contributed by atoms with Gasteiger partial charge in [0.2, 0.25) is 5.88 Å². The first-order valence-electron chi connectivity index (χ1n) is 11.8. The summed E-state index contributed by atoms with van der Waals surface area (Å²) >= 11 is 0. The van der Waals surface area contributed by atoms with Gasteiger partial charge in [0.1, 0.15) is 5.82 Å². The number of pyridine rings is 2. The molecule has 0 aromatic carbocycles. The lowest BCUT2D eigenvalue weighted by Crippen LogP contribution is -2.68. The second-order valence-electron chi connectivity index (χ2n) is 9.35. The highest BCUT2D eigenvalue weighted by atomic mass is 16.5. The molecular weight excluding hydrogens is 428 g/mol. The number of ether oxygens (including phenoxy) is 1. The summed E-state index contributed by atoms with van der Waals surface area (Å²) in [6.45, 7) is 3.86. The van der Waals surface area contributed by atoms with E-state index in [0.29, 0.717) is 18.0 Å². The molecule has 0 aliphatic carbocycles. The highest BCUT2D eigenvalue weighted by Crippen LogP contribution is 2.36. The lowest BCUT2D eigenvalue weighted by atomic mass is 9.87. The molecule has 0 amide bonds. The summed E-state index contributed by atoms with van der Waals surface area (Å²) in [5, 5.41) is 12.9. The molecule has 0 saturated carbocycles. The zero-order chi connectivity index (χ0) is 22.6. The first-order chi connectivity index (χ1) is 16.8. The molecule has 4 aliphatic rings. The van der Waals surface area contributed by atoms with Gasteiger partial charge in [-0.3, -0.25) is 14.7 Å². The fourth-order valence-electron chi connectivity index (χ4n) is 5.67. The third kappa shape index (κ3) is 3.11. The number of piperidine rings is 1. The highest BCUT2D eigenvalue weighted by Gasteiger charge is 2.44. The number of fused-ring (bicyclic) bond motifs is 5. The molecular formula is C25H26N8O.